The summed E-state index contributed by atoms with van der Waals surface area (Å²) in [4.78, 5) is 24.8. The van der Waals surface area contributed by atoms with Gasteiger partial charge >= 0.3 is 0 Å². The van der Waals surface area contributed by atoms with Crippen LogP contribution in [0.4, 0.5) is 0 Å². The molecule has 3 aromatic rings. The molecule has 1 amide bonds. The van der Waals surface area contributed by atoms with Crippen LogP contribution in [0.1, 0.15) is 59.8 Å². The summed E-state index contributed by atoms with van der Waals surface area (Å²) in [6.07, 6.45) is 3.78. The fourth-order valence-electron chi connectivity index (χ4n) is 4.53. The minimum absolute atomic E-state index is 0.0967. The molecule has 0 bridgehead atoms. The Morgan fingerprint density at radius 3 is 2.64 bits per heavy atom. The Labute approximate surface area is 192 Å². The largest absolute Gasteiger partial charge is 0.399 e. The number of likely N-dealkylation sites (tertiary alicyclic amines) is 1. The van der Waals surface area contributed by atoms with Crippen molar-refractivity contribution in [2.45, 2.75) is 37.8 Å². The predicted octanol–water partition coefficient (Wildman–Crippen LogP) is 4.14. The molecule has 8 heteroatoms. The minimum atomic E-state index is -0.370. The molecule has 5 rings (SSSR count). The lowest BCUT2D eigenvalue weighted by Gasteiger charge is -2.22. The van der Waals surface area contributed by atoms with Gasteiger partial charge in [0.25, 0.3) is 5.91 Å². The quantitative estimate of drug-likeness (QED) is 0.594. The van der Waals surface area contributed by atoms with Crippen molar-refractivity contribution in [1.82, 2.24) is 20.4 Å². The SMILES string of the molecule is CO/N=C1\CC(c2nc(C3CCCCN3)no2)N(C(=O)c2ccc(-c3ccccc3)cc2)C1. The van der Waals surface area contributed by atoms with Gasteiger partial charge in [0.15, 0.2) is 5.82 Å². The van der Waals surface area contributed by atoms with Crippen molar-refractivity contribution in [3.05, 3.63) is 71.9 Å². The normalized spacial score (nSPS) is 22.0. The maximum Gasteiger partial charge on any atom is 0.254 e. The Bertz CT molecular complexity index is 1120. The summed E-state index contributed by atoms with van der Waals surface area (Å²) < 4.78 is 5.63. The molecule has 2 aliphatic rings. The van der Waals surface area contributed by atoms with Gasteiger partial charge in [0.1, 0.15) is 13.2 Å². The summed E-state index contributed by atoms with van der Waals surface area (Å²) in [7, 11) is 1.51. The van der Waals surface area contributed by atoms with Crippen LogP contribution in [-0.4, -0.2) is 46.9 Å². The third kappa shape index (κ3) is 4.52. The number of rotatable bonds is 5. The van der Waals surface area contributed by atoms with Gasteiger partial charge in [-0.3, -0.25) is 4.79 Å². The van der Waals surface area contributed by atoms with Crippen molar-refractivity contribution in [2.24, 2.45) is 5.16 Å². The molecule has 1 N–H and O–H groups in total. The van der Waals surface area contributed by atoms with E-state index < -0.39 is 0 Å². The van der Waals surface area contributed by atoms with E-state index in [0.717, 1.165) is 42.6 Å². The highest BCUT2D eigenvalue weighted by Crippen LogP contribution is 2.33. The first-order valence-electron chi connectivity index (χ1n) is 11.3. The third-order valence-electron chi connectivity index (χ3n) is 6.24. The van der Waals surface area contributed by atoms with E-state index in [4.69, 9.17) is 9.36 Å². The Morgan fingerprint density at radius 2 is 1.91 bits per heavy atom. The van der Waals surface area contributed by atoms with Gasteiger partial charge in [-0.15, -0.1) is 0 Å². The molecule has 3 heterocycles. The summed E-state index contributed by atoms with van der Waals surface area (Å²) in [6, 6.07) is 17.5. The standard InChI is InChI=1S/C25H27N5O3/c1-32-28-20-15-22(24-27-23(29-33-24)21-9-5-6-14-26-21)30(16-20)25(31)19-12-10-18(11-13-19)17-7-3-2-4-8-17/h2-4,7-8,10-13,21-22,26H,5-6,9,14-16H2,1H3/b28-20+. The van der Waals surface area contributed by atoms with Crippen LogP contribution in [0, 0.1) is 0 Å². The highest BCUT2D eigenvalue weighted by molar-refractivity contribution is 6.00. The lowest BCUT2D eigenvalue weighted by Crippen LogP contribution is -2.31. The lowest BCUT2D eigenvalue weighted by atomic mass is 10.0. The first-order chi connectivity index (χ1) is 16.2. The van der Waals surface area contributed by atoms with Crippen molar-refractivity contribution in [3.63, 3.8) is 0 Å². The number of oxime groups is 1. The van der Waals surface area contributed by atoms with Crippen LogP contribution in [0.5, 0.6) is 0 Å². The average molecular weight is 446 g/mol. The van der Waals surface area contributed by atoms with Crippen LogP contribution in [0.2, 0.25) is 0 Å². The van der Waals surface area contributed by atoms with Gasteiger partial charge < -0.3 is 19.6 Å². The Morgan fingerprint density at radius 1 is 1.12 bits per heavy atom. The second-order valence-electron chi connectivity index (χ2n) is 8.43. The fourth-order valence-corrected chi connectivity index (χ4v) is 4.53. The number of nitrogens with zero attached hydrogens (tertiary/aromatic N) is 4. The smallest absolute Gasteiger partial charge is 0.254 e. The maximum atomic E-state index is 13.5. The third-order valence-corrected chi connectivity index (χ3v) is 6.24. The molecular formula is C25H27N5O3. The van der Waals surface area contributed by atoms with E-state index in [-0.39, 0.29) is 18.0 Å². The Balaban J connectivity index is 1.38. The first-order valence-corrected chi connectivity index (χ1v) is 11.3. The molecule has 2 unspecified atom stereocenters. The molecule has 2 aliphatic heterocycles. The van der Waals surface area contributed by atoms with Crippen molar-refractivity contribution < 1.29 is 14.2 Å². The average Bonchev–Trinajstić information content (AvgIpc) is 3.53. The molecule has 0 spiro atoms. The highest BCUT2D eigenvalue weighted by Gasteiger charge is 2.39. The minimum Gasteiger partial charge on any atom is -0.399 e. The zero-order valence-electron chi connectivity index (χ0n) is 18.6. The summed E-state index contributed by atoms with van der Waals surface area (Å²) in [6.45, 7) is 1.31. The van der Waals surface area contributed by atoms with Gasteiger partial charge in [0.05, 0.1) is 18.3 Å². The van der Waals surface area contributed by atoms with Gasteiger partial charge in [-0.1, -0.05) is 59.2 Å². The fraction of sp³-hybridized carbons (Fsp3) is 0.360. The van der Waals surface area contributed by atoms with Crippen molar-refractivity contribution in [2.75, 3.05) is 20.2 Å². The number of piperidine rings is 1. The van der Waals surface area contributed by atoms with Crippen LogP contribution in [-0.2, 0) is 4.84 Å². The molecule has 0 aliphatic carbocycles. The van der Waals surface area contributed by atoms with Crippen LogP contribution in [0.15, 0.2) is 64.3 Å². The molecule has 2 aromatic carbocycles. The molecule has 0 radical (unpaired) electrons. The Hall–Kier alpha value is -3.52. The van der Waals surface area contributed by atoms with E-state index in [1.807, 2.05) is 42.5 Å². The van der Waals surface area contributed by atoms with E-state index in [0.29, 0.717) is 30.2 Å². The van der Waals surface area contributed by atoms with Crippen LogP contribution in [0.25, 0.3) is 11.1 Å². The van der Waals surface area contributed by atoms with Crippen LogP contribution < -0.4 is 5.32 Å². The lowest BCUT2D eigenvalue weighted by molar-refractivity contribution is 0.0713. The monoisotopic (exact) mass is 445 g/mol. The highest BCUT2D eigenvalue weighted by atomic mass is 16.6. The number of carbonyl (C=O) groups excluding carboxylic acids is 1. The molecule has 0 saturated carbocycles. The second kappa shape index (κ2) is 9.54. The number of hydrogen-bond donors (Lipinski definition) is 1. The molecule has 170 valence electrons. The molecule has 8 nitrogen and oxygen atoms in total. The van der Waals surface area contributed by atoms with Crippen LogP contribution >= 0.6 is 0 Å². The number of nitrogens with one attached hydrogen (secondary N) is 1. The number of aromatic nitrogens is 2. The van der Waals surface area contributed by atoms with E-state index >= 15 is 0 Å². The summed E-state index contributed by atoms with van der Waals surface area (Å²) in [5.74, 6) is 0.992. The van der Waals surface area contributed by atoms with E-state index in [1.165, 1.54) is 7.11 Å². The van der Waals surface area contributed by atoms with Gasteiger partial charge in [0, 0.05) is 12.0 Å². The van der Waals surface area contributed by atoms with Crippen molar-refractivity contribution in [3.8, 4) is 11.1 Å². The van der Waals surface area contributed by atoms with Crippen molar-refractivity contribution in [1.29, 1.82) is 0 Å². The van der Waals surface area contributed by atoms with Crippen molar-refractivity contribution >= 4 is 11.6 Å². The number of carbonyl (C=O) groups is 1. The summed E-state index contributed by atoms with van der Waals surface area (Å²) >= 11 is 0. The molecule has 2 fully saturated rings. The molecular weight excluding hydrogens is 418 g/mol. The zero-order valence-corrected chi connectivity index (χ0v) is 18.6. The first kappa shape index (κ1) is 21.3. The predicted molar refractivity (Wildman–Crippen MR) is 124 cm³/mol. The van der Waals surface area contributed by atoms with Gasteiger partial charge in [-0.05, 0) is 42.6 Å². The maximum absolute atomic E-state index is 13.5. The molecule has 33 heavy (non-hydrogen) atoms. The summed E-state index contributed by atoms with van der Waals surface area (Å²) in [5.41, 5.74) is 3.55. The van der Waals surface area contributed by atoms with Gasteiger partial charge in [-0.2, -0.15) is 4.98 Å². The van der Waals surface area contributed by atoms with Gasteiger partial charge in [0.2, 0.25) is 5.89 Å². The number of amides is 1. The topological polar surface area (TPSA) is 92.8 Å². The number of hydrogen-bond acceptors (Lipinski definition) is 7. The molecule has 2 saturated heterocycles. The van der Waals surface area contributed by atoms with E-state index in [2.05, 4.69) is 32.7 Å². The van der Waals surface area contributed by atoms with E-state index in [1.54, 1.807) is 4.90 Å². The summed E-state index contributed by atoms with van der Waals surface area (Å²) in [5, 5.41) is 11.7. The second-order valence-corrected chi connectivity index (χ2v) is 8.43. The molecule has 1 aromatic heterocycles. The van der Waals surface area contributed by atoms with E-state index in [9.17, 15) is 4.79 Å². The number of benzene rings is 2. The van der Waals surface area contributed by atoms with Gasteiger partial charge in [-0.25, -0.2) is 0 Å². The Kier molecular flexibility index (Phi) is 6.17. The zero-order chi connectivity index (χ0) is 22.6. The van der Waals surface area contributed by atoms with Crippen LogP contribution in [0.3, 0.4) is 0 Å². The molecule has 2 atom stereocenters.